The van der Waals surface area contributed by atoms with E-state index in [4.69, 9.17) is 14.5 Å². The van der Waals surface area contributed by atoms with E-state index in [9.17, 15) is 37.1 Å². The van der Waals surface area contributed by atoms with Crippen LogP contribution in [0.15, 0.2) is 67.0 Å². The maximum Gasteiger partial charge on any atom is 0.416 e. The molecule has 4 aliphatic heterocycles. The fraction of sp³-hybridized carbons (Fsp3) is 0.357. The van der Waals surface area contributed by atoms with Crippen molar-refractivity contribution in [1.29, 1.82) is 0 Å². The Kier molecular flexibility index (Phi) is 10.8. The molecule has 0 radical (unpaired) electrons. The second-order valence-corrected chi connectivity index (χ2v) is 15.0. The van der Waals surface area contributed by atoms with Crippen molar-refractivity contribution < 1.29 is 46.6 Å². The van der Waals surface area contributed by atoms with Crippen molar-refractivity contribution in [1.82, 2.24) is 20.2 Å². The molecule has 0 aliphatic carbocycles. The lowest BCUT2D eigenvalue weighted by molar-refractivity contribution is -0.138. The molecule has 14 nitrogen and oxygen atoms in total. The van der Waals surface area contributed by atoms with Crippen molar-refractivity contribution in [3.05, 3.63) is 94.9 Å². The molecule has 59 heavy (non-hydrogen) atoms. The van der Waals surface area contributed by atoms with E-state index < -0.39 is 47.3 Å². The smallest absolute Gasteiger partial charge is 0.416 e. The average Bonchev–Trinajstić information content (AvgIpc) is 3.48. The number of nitrogens with zero attached hydrogens (tertiary/aromatic N) is 5. The molecule has 8 rings (SSSR count). The molecule has 4 aliphatic rings. The number of anilines is 3. The topological polar surface area (TPSA) is 163 Å². The van der Waals surface area contributed by atoms with Crippen molar-refractivity contribution in [2.75, 3.05) is 61.1 Å². The first kappa shape index (κ1) is 39.5. The normalized spacial score (nSPS) is 18.8. The molecule has 0 spiro atoms. The van der Waals surface area contributed by atoms with Gasteiger partial charge in [-0.15, -0.1) is 0 Å². The number of aryl methyl sites for hydroxylation is 1. The van der Waals surface area contributed by atoms with Gasteiger partial charge in [0, 0.05) is 66.9 Å². The molecule has 2 aromatic heterocycles. The Labute approximate surface area is 336 Å². The Hall–Kier alpha value is -6.36. The van der Waals surface area contributed by atoms with Gasteiger partial charge in [-0.05, 0) is 80.6 Å². The van der Waals surface area contributed by atoms with Crippen molar-refractivity contribution >= 4 is 46.6 Å². The minimum absolute atomic E-state index is 0.0527. The second-order valence-electron chi connectivity index (χ2n) is 15.0. The average molecular weight is 812 g/mol. The van der Waals surface area contributed by atoms with Gasteiger partial charge < -0.3 is 24.6 Å². The number of carbonyl (C=O) groups excluding carboxylic acids is 5. The summed E-state index contributed by atoms with van der Waals surface area (Å²) in [6.45, 7) is 5.87. The van der Waals surface area contributed by atoms with Crippen LogP contribution in [-0.4, -0.2) is 96.4 Å². The van der Waals surface area contributed by atoms with Gasteiger partial charge in [0.25, 0.3) is 17.7 Å². The summed E-state index contributed by atoms with van der Waals surface area (Å²) in [5.74, 6) is -2.20. The summed E-state index contributed by atoms with van der Waals surface area (Å²) in [6, 6.07) is 12.0. The molecule has 1 unspecified atom stereocenters. The number of benzene rings is 2. The zero-order valence-corrected chi connectivity index (χ0v) is 32.0. The van der Waals surface area contributed by atoms with Crippen LogP contribution in [-0.2, 0) is 20.5 Å². The minimum atomic E-state index is -4.58. The van der Waals surface area contributed by atoms with Crippen LogP contribution in [0.2, 0.25) is 0 Å². The van der Waals surface area contributed by atoms with E-state index in [1.807, 2.05) is 19.1 Å². The molecule has 17 heteroatoms. The van der Waals surface area contributed by atoms with Gasteiger partial charge >= 0.3 is 6.18 Å². The van der Waals surface area contributed by atoms with Crippen LogP contribution in [0.3, 0.4) is 0 Å². The lowest BCUT2D eigenvalue weighted by Gasteiger charge is -2.34. The van der Waals surface area contributed by atoms with Crippen molar-refractivity contribution in [2.24, 2.45) is 5.92 Å². The highest BCUT2D eigenvalue weighted by molar-refractivity contribution is 6.23. The lowest BCUT2D eigenvalue weighted by Crippen LogP contribution is -2.54. The number of ether oxygens (including phenoxy) is 2. The Balaban J connectivity index is 0.932. The summed E-state index contributed by atoms with van der Waals surface area (Å²) in [5.41, 5.74) is 3.34. The van der Waals surface area contributed by atoms with Gasteiger partial charge in [-0.1, -0.05) is 6.07 Å². The number of hydrogen-bond acceptors (Lipinski definition) is 11. The maximum atomic E-state index is 13.4. The number of rotatable bonds is 9. The van der Waals surface area contributed by atoms with E-state index in [1.54, 1.807) is 24.4 Å². The highest BCUT2D eigenvalue weighted by Gasteiger charge is 2.45. The highest BCUT2D eigenvalue weighted by atomic mass is 19.4. The largest absolute Gasteiger partial charge is 0.476 e. The third-order valence-corrected chi connectivity index (χ3v) is 11.2. The molecule has 4 aromatic rings. The Morgan fingerprint density at radius 3 is 2.39 bits per heavy atom. The number of halogens is 3. The Bertz CT molecular complexity index is 2340. The lowest BCUT2D eigenvalue weighted by atomic mass is 9.97. The number of pyridine rings is 2. The van der Waals surface area contributed by atoms with Crippen LogP contribution in [0.1, 0.15) is 68.0 Å². The number of alkyl halides is 3. The fourth-order valence-electron chi connectivity index (χ4n) is 7.87. The molecule has 306 valence electrons. The minimum Gasteiger partial charge on any atom is -0.476 e. The van der Waals surface area contributed by atoms with E-state index in [1.165, 1.54) is 18.3 Å². The number of morpholine rings is 1. The molecule has 5 amide bonds. The number of hydrogen-bond donors (Lipinski definition) is 2. The van der Waals surface area contributed by atoms with Gasteiger partial charge in [0.05, 0.1) is 48.4 Å². The molecular formula is C42H40F3N7O7. The second kappa shape index (κ2) is 16.1. The Morgan fingerprint density at radius 1 is 0.881 bits per heavy atom. The molecule has 3 saturated heterocycles. The first-order chi connectivity index (χ1) is 28.3. The molecule has 3 fully saturated rings. The van der Waals surface area contributed by atoms with Crippen LogP contribution in [0, 0.1) is 12.8 Å². The predicted octanol–water partition coefficient (Wildman–Crippen LogP) is 5.26. The zero-order chi connectivity index (χ0) is 41.4. The van der Waals surface area contributed by atoms with Gasteiger partial charge in [-0.3, -0.25) is 39.2 Å². The van der Waals surface area contributed by atoms with Crippen LogP contribution in [0.5, 0.6) is 5.88 Å². The molecule has 0 bridgehead atoms. The number of fused-ring (bicyclic) bond motifs is 1. The summed E-state index contributed by atoms with van der Waals surface area (Å²) in [7, 11) is 0. The third kappa shape index (κ3) is 8.19. The first-order valence-corrected chi connectivity index (χ1v) is 19.4. The number of aromatic nitrogens is 2. The predicted molar refractivity (Wildman–Crippen MR) is 208 cm³/mol. The van der Waals surface area contributed by atoms with Gasteiger partial charge in [0.1, 0.15) is 11.7 Å². The summed E-state index contributed by atoms with van der Waals surface area (Å²) in [5, 5.41) is 4.89. The molecular weight excluding hydrogens is 771 g/mol. The van der Waals surface area contributed by atoms with E-state index in [0.29, 0.717) is 74.4 Å². The summed E-state index contributed by atoms with van der Waals surface area (Å²) in [6.07, 6.45) is 0.269. The number of amides is 5. The van der Waals surface area contributed by atoms with Gasteiger partial charge in [0.2, 0.25) is 17.7 Å². The molecule has 6 heterocycles. The zero-order valence-electron chi connectivity index (χ0n) is 32.0. The number of carbonyl (C=O) groups is 5. The van der Waals surface area contributed by atoms with Crippen LogP contribution >= 0.6 is 0 Å². The number of piperidine rings is 2. The van der Waals surface area contributed by atoms with Crippen molar-refractivity contribution in [3.63, 3.8) is 0 Å². The Morgan fingerprint density at radius 2 is 1.64 bits per heavy atom. The van der Waals surface area contributed by atoms with Gasteiger partial charge in [-0.2, -0.15) is 13.2 Å². The molecule has 0 saturated carbocycles. The quantitative estimate of drug-likeness (QED) is 0.212. The van der Waals surface area contributed by atoms with E-state index >= 15 is 0 Å². The number of imide groups is 2. The van der Waals surface area contributed by atoms with Gasteiger partial charge in [0.15, 0.2) is 0 Å². The van der Waals surface area contributed by atoms with E-state index in [0.717, 1.165) is 41.2 Å². The van der Waals surface area contributed by atoms with E-state index in [-0.39, 0.29) is 35.4 Å². The summed E-state index contributed by atoms with van der Waals surface area (Å²) >= 11 is 0. The summed E-state index contributed by atoms with van der Waals surface area (Å²) in [4.78, 5) is 78.1. The van der Waals surface area contributed by atoms with Crippen LogP contribution in [0.4, 0.5) is 30.2 Å². The monoisotopic (exact) mass is 811 g/mol. The van der Waals surface area contributed by atoms with Crippen molar-refractivity contribution in [3.8, 4) is 17.0 Å². The highest BCUT2D eigenvalue weighted by Crippen LogP contribution is 2.36. The first-order valence-electron chi connectivity index (χ1n) is 19.4. The molecule has 2 aromatic carbocycles. The van der Waals surface area contributed by atoms with Crippen LogP contribution < -0.4 is 25.2 Å². The van der Waals surface area contributed by atoms with Gasteiger partial charge in [-0.25, -0.2) is 4.98 Å². The standard InChI is InChI=1S/C42H40F3N7O7/c1-24-32(19-29(22-46-24)48-37(54)26-3-2-4-28(17-26)42(43,44)45)27-18-35(51-13-15-58-16-14-51)39(47-21-27)59-23-25-9-11-50(12-10-25)30-5-6-31-33(20-30)41(57)52(40(31)56)34-7-8-36(53)49-38(34)55/h2-6,17-22,25,34H,7-16,23H2,1H3,(H,48,54)(H,49,53,55). The maximum absolute atomic E-state index is 13.4. The fourth-order valence-corrected chi connectivity index (χ4v) is 7.87. The van der Waals surface area contributed by atoms with E-state index in [2.05, 4.69) is 25.4 Å². The molecule has 2 N–H and O–H groups in total. The van der Waals surface area contributed by atoms with Crippen LogP contribution in [0.25, 0.3) is 11.1 Å². The number of nitrogens with one attached hydrogen (secondary N) is 2. The molecule has 1 atom stereocenters. The summed E-state index contributed by atoms with van der Waals surface area (Å²) < 4.78 is 51.8. The van der Waals surface area contributed by atoms with Crippen molar-refractivity contribution in [2.45, 2.75) is 44.8 Å². The third-order valence-electron chi connectivity index (χ3n) is 11.2. The SMILES string of the molecule is Cc1ncc(NC(=O)c2cccc(C(F)(F)F)c2)cc1-c1cnc(OCC2CCN(c3ccc4c(c3)C(=O)N(C3CCC(=O)NC3=O)C4=O)CC2)c(N2CCOCC2)c1.